The summed E-state index contributed by atoms with van der Waals surface area (Å²) < 4.78 is 0. The summed E-state index contributed by atoms with van der Waals surface area (Å²) >= 11 is 9.30. The summed E-state index contributed by atoms with van der Waals surface area (Å²) in [7, 11) is 0. The van der Waals surface area contributed by atoms with Crippen LogP contribution in [-0.2, 0) is 11.2 Å². The summed E-state index contributed by atoms with van der Waals surface area (Å²) in [6.07, 6.45) is 1.32. The van der Waals surface area contributed by atoms with Crippen LogP contribution in [0.1, 0.15) is 44.6 Å². The van der Waals surface area contributed by atoms with Crippen LogP contribution in [0.5, 0.6) is 0 Å². The number of fused-ring (bicyclic) bond motifs is 1. The Balaban J connectivity index is 1.49. The summed E-state index contributed by atoms with van der Waals surface area (Å²) in [5.74, 6) is 0.00786. The van der Waals surface area contributed by atoms with Crippen molar-refractivity contribution in [1.82, 2.24) is 4.90 Å². The maximum Gasteiger partial charge on any atom is 0.223 e. The third-order valence-corrected chi connectivity index (χ3v) is 7.00. The smallest absolute Gasteiger partial charge is 0.223 e. The van der Waals surface area contributed by atoms with Gasteiger partial charge in [-0.05, 0) is 59.1 Å². The minimum Gasteiger partial charge on any atom is -0.330 e. The standard InChI is InChI=1S/C21H18ClNO2S2/c22-15-5-3-14(4-6-15)17(24)7-8-20(25)23-11-9-18-16(10-13-27-18)21(23)19-2-1-12-26-19/h1-6,10,12-13,21H,7-9,11H2/t21-/m1/s1. The van der Waals surface area contributed by atoms with E-state index in [4.69, 9.17) is 11.6 Å². The number of carbonyl (C=O) groups is 2. The van der Waals surface area contributed by atoms with Gasteiger partial charge in [0.25, 0.3) is 0 Å². The summed E-state index contributed by atoms with van der Waals surface area (Å²) in [5, 5.41) is 4.74. The highest BCUT2D eigenvalue weighted by Gasteiger charge is 2.33. The van der Waals surface area contributed by atoms with E-state index in [9.17, 15) is 9.59 Å². The molecule has 0 fully saturated rings. The van der Waals surface area contributed by atoms with Crippen molar-refractivity contribution in [1.29, 1.82) is 0 Å². The van der Waals surface area contributed by atoms with Gasteiger partial charge in [0.05, 0.1) is 6.04 Å². The Morgan fingerprint density at radius 3 is 2.59 bits per heavy atom. The third kappa shape index (κ3) is 3.86. The van der Waals surface area contributed by atoms with E-state index in [2.05, 4.69) is 17.5 Å². The monoisotopic (exact) mass is 415 g/mol. The topological polar surface area (TPSA) is 37.4 Å². The summed E-state index contributed by atoms with van der Waals surface area (Å²) in [6, 6.07) is 13.0. The van der Waals surface area contributed by atoms with Gasteiger partial charge in [-0.2, -0.15) is 0 Å². The predicted molar refractivity (Wildman–Crippen MR) is 111 cm³/mol. The number of hydrogen-bond donors (Lipinski definition) is 0. The number of benzene rings is 1. The van der Waals surface area contributed by atoms with Gasteiger partial charge >= 0.3 is 0 Å². The Bertz CT molecular complexity index is 947. The van der Waals surface area contributed by atoms with Crippen LogP contribution >= 0.6 is 34.3 Å². The SMILES string of the molecule is O=C(CCC(=O)N1CCc2sccc2[C@@H]1c1cccs1)c1ccc(Cl)cc1. The predicted octanol–water partition coefficient (Wildman–Crippen LogP) is 5.60. The molecule has 0 saturated carbocycles. The lowest BCUT2D eigenvalue weighted by atomic mass is 9.97. The Hall–Kier alpha value is -1.95. The first-order chi connectivity index (χ1) is 13.1. The van der Waals surface area contributed by atoms with Gasteiger partial charge in [0.15, 0.2) is 5.78 Å². The Morgan fingerprint density at radius 2 is 1.85 bits per heavy atom. The average Bonchev–Trinajstić information content (AvgIpc) is 3.37. The number of Topliss-reactive ketones (excluding diaryl/α,β-unsaturated/α-hetero) is 1. The molecule has 3 heterocycles. The number of ketones is 1. The van der Waals surface area contributed by atoms with E-state index in [-0.39, 0.29) is 30.6 Å². The van der Waals surface area contributed by atoms with Gasteiger partial charge in [-0.15, -0.1) is 22.7 Å². The molecule has 0 N–H and O–H groups in total. The molecule has 3 aromatic rings. The van der Waals surface area contributed by atoms with Crippen molar-refractivity contribution in [2.45, 2.75) is 25.3 Å². The fourth-order valence-corrected chi connectivity index (χ4v) is 5.37. The molecule has 2 aromatic heterocycles. The molecule has 0 unspecified atom stereocenters. The summed E-state index contributed by atoms with van der Waals surface area (Å²) in [6.45, 7) is 0.698. The normalized spacial score (nSPS) is 16.2. The largest absolute Gasteiger partial charge is 0.330 e. The van der Waals surface area contributed by atoms with Crippen LogP contribution in [0.25, 0.3) is 0 Å². The number of rotatable bonds is 5. The van der Waals surface area contributed by atoms with Crippen LogP contribution in [0.4, 0.5) is 0 Å². The maximum absolute atomic E-state index is 13.0. The van der Waals surface area contributed by atoms with E-state index >= 15 is 0 Å². The van der Waals surface area contributed by atoms with Gasteiger partial charge in [-0.1, -0.05) is 17.7 Å². The van der Waals surface area contributed by atoms with Crippen molar-refractivity contribution in [3.05, 3.63) is 79.1 Å². The van der Waals surface area contributed by atoms with Crippen molar-refractivity contribution < 1.29 is 9.59 Å². The van der Waals surface area contributed by atoms with Crippen LogP contribution in [0.2, 0.25) is 5.02 Å². The van der Waals surface area contributed by atoms with Gasteiger partial charge in [-0.25, -0.2) is 0 Å². The molecule has 0 aliphatic carbocycles. The Kier molecular flexibility index (Phi) is 5.43. The van der Waals surface area contributed by atoms with Crippen LogP contribution < -0.4 is 0 Å². The molecule has 138 valence electrons. The Morgan fingerprint density at radius 1 is 1.04 bits per heavy atom. The first kappa shape index (κ1) is 18.4. The van der Waals surface area contributed by atoms with Crippen LogP contribution in [0.15, 0.2) is 53.2 Å². The van der Waals surface area contributed by atoms with E-state index in [1.807, 2.05) is 16.3 Å². The second-order valence-electron chi connectivity index (χ2n) is 6.48. The fraction of sp³-hybridized carbons (Fsp3) is 0.238. The molecule has 3 nitrogen and oxygen atoms in total. The molecule has 1 aliphatic heterocycles. The molecule has 1 aliphatic rings. The lowest BCUT2D eigenvalue weighted by molar-refractivity contribution is -0.133. The molecule has 6 heteroatoms. The number of halogens is 1. The highest BCUT2D eigenvalue weighted by Crippen LogP contribution is 2.39. The molecule has 0 radical (unpaired) electrons. The molecule has 4 rings (SSSR count). The zero-order valence-corrected chi connectivity index (χ0v) is 16.9. The van der Waals surface area contributed by atoms with Gasteiger partial charge in [0.2, 0.25) is 5.91 Å². The molecular weight excluding hydrogens is 398 g/mol. The molecule has 0 spiro atoms. The first-order valence-corrected chi connectivity index (χ1v) is 10.9. The third-order valence-electron chi connectivity index (χ3n) is 4.83. The summed E-state index contributed by atoms with van der Waals surface area (Å²) in [5.41, 5.74) is 1.83. The number of thiophene rings is 2. The quantitative estimate of drug-likeness (QED) is 0.508. The van der Waals surface area contributed by atoms with Crippen LogP contribution in [-0.4, -0.2) is 23.1 Å². The second kappa shape index (κ2) is 7.97. The second-order valence-corrected chi connectivity index (χ2v) is 8.90. The highest BCUT2D eigenvalue weighted by atomic mass is 35.5. The molecule has 1 amide bonds. The van der Waals surface area contributed by atoms with Crippen molar-refractivity contribution >= 4 is 46.0 Å². The van der Waals surface area contributed by atoms with Gasteiger partial charge in [0, 0.05) is 39.7 Å². The number of nitrogens with zero attached hydrogens (tertiary/aromatic N) is 1. The number of hydrogen-bond acceptors (Lipinski definition) is 4. The molecule has 0 saturated heterocycles. The van der Waals surface area contributed by atoms with E-state index in [1.54, 1.807) is 46.9 Å². The Labute approximate surface area is 171 Å². The summed E-state index contributed by atoms with van der Waals surface area (Å²) in [4.78, 5) is 29.9. The van der Waals surface area contributed by atoms with Crippen molar-refractivity contribution in [2.24, 2.45) is 0 Å². The highest BCUT2D eigenvalue weighted by molar-refractivity contribution is 7.10. The zero-order chi connectivity index (χ0) is 18.8. The molecule has 1 aromatic carbocycles. The van der Waals surface area contributed by atoms with E-state index in [1.165, 1.54) is 15.3 Å². The zero-order valence-electron chi connectivity index (χ0n) is 14.6. The minimum atomic E-state index is -0.0295. The number of amides is 1. The molecular formula is C21H18ClNO2S2. The lowest BCUT2D eigenvalue weighted by Gasteiger charge is -2.35. The lowest BCUT2D eigenvalue weighted by Crippen LogP contribution is -2.39. The first-order valence-electron chi connectivity index (χ1n) is 8.81. The fourth-order valence-electron chi connectivity index (χ4n) is 3.48. The van der Waals surface area contributed by atoms with Crippen LogP contribution in [0, 0.1) is 0 Å². The van der Waals surface area contributed by atoms with Gasteiger partial charge in [0.1, 0.15) is 0 Å². The van der Waals surface area contributed by atoms with Crippen molar-refractivity contribution in [2.75, 3.05) is 6.54 Å². The maximum atomic E-state index is 13.0. The van der Waals surface area contributed by atoms with Gasteiger partial charge in [-0.3, -0.25) is 9.59 Å². The van der Waals surface area contributed by atoms with E-state index < -0.39 is 0 Å². The minimum absolute atomic E-state index is 0.0269. The van der Waals surface area contributed by atoms with E-state index in [0.29, 0.717) is 17.1 Å². The molecule has 0 bridgehead atoms. The van der Waals surface area contributed by atoms with Crippen molar-refractivity contribution in [3.63, 3.8) is 0 Å². The molecule has 1 atom stereocenters. The van der Waals surface area contributed by atoms with E-state index in [0.717, 1.165) is 6.42 Å². The molecule has 27 heavy (non-hydrogen) atoms. The van der Waals surface area contributed by atoms with Gasteiger partial charge < -0.3 is 4.90 Å². The van der Waals surface area contributed by atoms with Crippen LogP contribution in [0.3, 0.4) is 0 Å². The number of carbonyl (C=O) groups excluding carboxylic acids is 2. The average molecular weight is 416 g/mol. The van der Waals surface area contributed by atoms with Crippen molar-refractivity contribution in [3.8, 4) is 0 Å².